The fourth-order valence-electron chi connectivity index (χ4n) is 3.44. The Hall–Kier alpha value is -1.66. The average Bonchev–Trinajstić information content (AvgIpc) is 2.73. The number of anilines is 1. The molecule has 2 rings (SSSR count). The monoisotopic (exact) mass is 400 g/mol. The summed E-state index contributed by atoms with van der Waals surface area (Å²) in [6.45, 7) is 5.55. The van der Waals surface area contributed by atoms with E-state index in [2.05, 4.69) is 79.6 Å². The SMILES string of the molecule is CN(CCC[Si](C)(C)c1ccccc1)c1ccc(CCC(N)(CO)CO)cc1. The van der Waals surface area contributed by atoms with Crippen LogP contribution in [0.15, 0.2) is 54.6 Å². The molecule has 0 aliphatic carbocycles. The Morgan fingerprint density at radius 3 is 2.14 bits per heavy atom. The Balaban J connectivity index is 1.83. The summed E-state index contributed by atoms with van der Waals surface area (Å²) >= 11 is 0. The summed E-state index contributed by atoms with van der Waals surface area (Å²) in [5, 5.41) is 20.1. The average molecular weight is 401 g/mol. The lowest BCUT2D eigenvalue weighted by Gasteiger charge is -2.26. The molecule has 0 aliphatic heterocycles. The van der Waals surface area contributed by atoms with Crippen LogP contribution in [-0.4, -0.2) is 50.6 Å². The zero-order valence-corrected chi connectivity index (χ0v) is 18.6. The Morgan fingerprint density at radius 1 is 0.964 bits per heavy atom. The molecule has 0 aromatic heterocycles. The minimum atomic E-state index is -1.37. The summed E-state index contributed by atoms with van der Waals surface area (Å²) in [5.74, 6) is 0. The van der Waals surface area contributed by atoms with Crippen molar-refractivity contribution >= 4 is 18.9 Å². The van der Waals surface area contributed by atoms with Crippen molar-refractivity contribution in [1.29, 1.82) is 0 Å². The van der Waals surface area contributed by atoms with Crippen molar-refractivity contribution in [3.05, 3.63) is 60.2 Å². The van der Waals surface area contributed by atoms with Gasteiger partial charge in [0, 0.05) is 19.3 Å². The number of rotatable bonds is 11. The first-order valence-corrected chi connectivity index (χ1v) is 13.4. The number of nitrogens with zero attached hydrogens (tertiary/aromatic N) is 1. The second-order valence-electron chi connectivity index (χ2n) is 8.62. The molecule has 0 heterocycles. The molecule has 28 heavy (non-hydrogen) atoms. The van der Waals surface area contributed by atoms with E-state index in [9.17, 15) is 10.2 Å². The highest BCUT2D eigenvalue weighted by molar-refractivity contribution is 6.89. The van der Waals surface area contributed by atoms with Crippen molar-refractivity contribution < 1.29 is 10.2 Å². The summed E-state index contributed by atoms with van der Waals surface area (Å²) in [4.78, 5) is 2.31. The molecular formula is C23H36N2O2Si. The van der Waals surface area contributed by atoms with Gasteiger partial charge in [-0.25, -0.2) is 0 Å². The second kappa shape index (κ2) is 10.2. The van der Waals surface area contributed by atoms with E-state index in [1.54, 1.807) is 0 Å². The van der Waals surface area contributed by atoms with E-state index in [0.29, 0.717) is 6.42 Å². The second-order valence-corrected chi connectivity index (χ2v) is 13.5. The molecule has 0 atom stereocenters. The third-order valence-electron chi connectivity index (χ3n) is 5.77. The zero-order chi connectivity index (χ0) is 20.6. The van der Waals surface area contributed by atoms with Gasteiger partial charge in [0.1, 0.15) is 0 Å². The van der Waals surface area contributed by atoms with E-state index in [1.807, 2.05) is 0 Å². The van der Waals surface area contributed by atoms with Gasteiger partial charge >= 0.3 is 0 Å². The maximum Gasteiger partial charge on any atom is 0.0807 e. The van der Waals surface area contributed by atoms with Gasteiger partial charge in [0.2, 0.25) is 0 Å². The van der Waals surface area contributed by atoms with Gasteiger partial charge in [-0.15, -0.1) is 0 Å². The quantitative estimate of drug-likeness (QED) is 0.507. The highest BCUT2D eigenvalue weighted by Gasteiger charge is 2.23. The summed E-state index contributed by atoms with van der Waals surface area (Å²) in [5.41, 5.74) is 7.44. The number of aliphatic hydroxyl groups excluding tert-OH is 2. The normalized spacial score (nSPS) is 12.2. The first kappa shape index (κ1) is 22.6. The predicted octanol–water partition coefficient (Wildman–Crippen LogP) is 2.74. The molecule has 154 valence electrons. The van der Waals surface area contributed by atoms with Gasteiger partial charge in [0.05, 0.1) is 26.8 Å². The van der Waals surface area contributed by atoms with Gasteiger partial charge in [-0.3, -0.25) is 0 Å². The van der Waals surface area contributed by atoms with Crippen LogP contribution < -0.4 is 15.8 Å². The third kappa shape index (κ3) is 6.45. The summed E-state index contributed by atoms with van der Waals surface area (Å²) in [6.07, 6.45) is 2.50. The predicted molar refractivity (Wildman–Crippen MR) is 122 cm³/mol. The lowest BCUT2D eigenvalue weighted by molar-refractivity contribution is 0.115. The van der Waals surface area contributed by atoms with Crippen LogP contribution in [0.4, 0.5) is 5.69 Å². The molecule has 2 aromatic carbocycles. The van der Waals surface area contributed by atoms with Gasteiger partial charge in [0.25, 0.3) is 0 Å². The van der Waals surface area contributed by atoms with Crippen LogP contribution in [0.5, 0.6) is 0 Å². The van der Waals surface area contributed by atoms with Crippen LogP contribution in [0, 0.1) is 0 Å². The van der Waals surface area contributed by atoms with Crippen molar-refractivity contribution in [3.63, 3.8) is 0 Å². The topological polar surface area (TPSA) is 69.7 Å². The molecule has 0 unspecified atom stereocenters. The molecule has 0 spiro atoms. The van der Waals surface area contributed by atoms with Crippen LogP contribution in [0.3, 0.4) is 0 Å². The molecule has 0 fully saturated rings. The zero-order valence-electron chi connectivity index (χ0n) is 17.6. The summed E-state index contributed by atoms with van der Waals surface area (Å²) in [6, 6.07) is 20.7. The van der Waals surface area contributed by atoms with E-state index in [-0.39, 0.29) is 13.2 Å². The van der Waals surface area contributed by atoms with Crippen LogP contribution in [0.2, 0.25) is 19.1 Å². The molecule has 0 amide bonds. The number of aryl methyl sites for hydroxylation is 1. The molecule has 4 nitrogen and oxygen atoms in total. The number of aliphatic hydroxyl groups is 2. The lowest BCUT2D eigenvalue weighted by Crippen LogP contribution is -2.47. The van der Waals surface area contributed by atoms with E-state index >= 15 is 0 Å². The Bertz CT molecular complexity index is 700. The maximum absolute atomic E-state index is 9.30. The van der Waals surface area contributed by atoms with Gasteiger partial charge in [0.15, 0.2) is 0 Å². The van der Waals surface area contributed by atoms with E-state index in [1.165, 1.54) is 28.9 Å². The minimum absolute atomic E-state index is 0.201. The summed E-state index contributed by atoms with van der Waals surface area (Å²) < 4.78 is 0. The first-order valence-electron chi connectivity index (χ1n) is 10.2. The fraction of sp³-hybridized carbons (Fsp3) is 0.478. The van der Waals surface area contributed by atoms with Crippen molar-refractivity contribution in [2.75, 3.05) is 31.7 Å². The van der Waals surface area contributed by atoms with E-state index < -0.39 is 13.6 Å². The fourth-order valence-corrected chi connectivity index (χ4v) is 5.86. The minimum Gasteiger partial charge on any atom is -0.394 e. The Kier molecular flexibility index (Phi) is 8.25. The molecule has 0 aliphatic rings. The van der Waals surface area contributed by atoms with E-state index in [0.717, 1.165) is 13.0 Å². The van der Waals surface area contributed by atoms with Gasteiger partial charge in [-0.05, 0) is 37.0 Å². The largest absolute Gasteiger partial charge is 0.394 e. The smallest absolute Gasteiger partial charge is 0.0807 e. The molecule has 0 saturated carbocycles. The van der Waals surface area contributed by atoms with Crippen molar-refractivity contribution in [2.24, 2.45) is 5.73 Å². The number of hydrogen-bond donors (Lipinski definition) is 3. The third-order valence-corrected chi connectivity index (χ3v) is 9.27. The van der Waals surface area contributed by atoms with Gasteiger partial charge in [-0.2, -0.15) is 0 Å². The van der Waals surface area contributed by atoms with Crippen LogP contribution in [-0.2, 0) is 6.42 Å². The lowest BCUT2D eigenvalue weighted by atomic mass is 9.94. The van der Waals surface area contributed by atoms with Crippen molar-refractivity contribution in [2.45, 2.75) is 43.9 Å². The van der Waals surface area contributed by atoms with Crippen molar-refractivity contribution in [1.82, 2.24) is 0 Å². The van der Waals surface area contributed by atoms with Crippen LogP contribution >= 0.6 is 0 Å². The van der Waals surface area contributed by atoms with Crippen LogP contribution in [0.25, 0.3) is 0 Å². The molecule has 0 saturated heterocycles. The standard InChI is InChI=1S/C23H36N2O2Si/c1-25(16-7-17-28(2,3)22-8-5-4-6-9-22)21-12-10-20(11-13-21)14-15-23(24,18-26)19-27/h4-6,8-13,26-27H,7,14-19,24H2,1-3H3. The molecule has 0 bridgehead atoms. The molecular weight excluding hydrogens is 364 g/mol. The Labute approximate surface area is 171 Å². The van der Waals surface area contributed by atoms with E-state index in [4.69, 9.17) is 5.73 Å². The number of hydrogen-bond acceptors (Lipinski definition) is 4. The van der Waals surface area contributed by atoms with Gasteiger partial charge < -0.3 is 20.8 Å². The number of nitrogens with two attached hydrogens (primary N) is 1. The van der Waals surface area contributed by atoms with Gasteiger partial charge in [-0.1, -0.05) is 66.8 Å². The number of benzene rings is 2. The van der Waals surface area contributed by atoms with Crippen LogP contribution in [0.1, 0.15) is 18.4 Å². The summed E-state index contributed by atoms with van der Waals surface area (Å²) in [7, 11) is 0.776. The maximum atomic E-state index is 9.30. The first-order chi connectivity index (χ1) is 13.3. The Morgan fingerprint density at radius 2 is 1.57 bits per heavy atom. The molecule has 4 N–H and O–H groups in total. The highest BCUT2D eigenvalue weighted by atomic mass is 28.3. The molecule has 0 radical (unpaired) electrons. The van der Waals surface area contributed by atoms with Crippen molar-refractivity contribution in [3.8, 4) is 0 Å². The molecule has 2 aromatic rings. The molecule has 5 heteroatoms. The highest BCUT2D eigenvalue weighted by Crippen LogP contribution is 2.19.